The molecule has 0 fully saturated rings. The highest BCUT2D eigenvalue weighted by Crippen LogP contribution is 2.19. The van der Waals surface area contributed by atoms with Crippen LogP contribution in [0.1, 0.15) is 20.8 Å². The van der Waals surface area contributed by atoms with Gasteiger partial charge in [-0.15, -0.1) is 0 Å². The fourth-order valence-corrected chi connectivity index (χ4v) is 1.63. The van der Waals surface area contributed by atoms with E-state index in [0.717, 1.165) is 13.1 Å². The number of nitrogens with two attached hydrogens (primary N) is 2. The SMILES string of the molecule is CC(C)(C)C(=O)C(CNCCN)CNCCN. The fourth-order valence-electron chi connectivity index (χ4n) is 1.63. The number of rotatable bonds is 9. The van der Waals surface area contributed by atoms with Crippen LogP contribution in [0.25, 0.3) is 0 Å². The Kier molecular flexibility index (Phi) is 8.33. The third-order valence-electron chi connectivity index (χ3n) is 2.53. The minimum Gasteiger partial charge on any atom is -0.329 e. The lowest BCUT2D eigenvalue weighted by molar-refractivity contribution is -0.130. The zero-order chi connectivity index (χ0) is 13.3. The van der Waals surface area contributed by atoms with Crippen LogP contribution in [0, 0.1) is 11.3 Å². The van der Waals surface area contributed by atoms with Crippen molar-refractivity contribution in [2.75, 3.05) is 39.3 Å². The molecule has 0 aromatic heterocycles. The van der Waals surface area contributed by atoms with Crippen LogP contribution in [-0.4, -0.2) is 45.1 Å². The van der Waals surface area contributed by atoms with Gasteiger partial charge in [0.25, 0.3) is 0 Å². The van der Waals surface area contributed by atoms with E-state index in [1.165, 1.54) is 0 Å². The molecule has 0 aromatic carbocycles. The molecule has 0 atom stereocenters. The Morgan fingerprint density at radius 2 is 1.47 bits per heavy atom. The summed E-state index contributed by atoms with van der Waals surface area (Å²) in [6.07, 6.45) is 0. The quantitative estimate of drug-likeness (QED) is 0.403. The van der Waals surface area contributed by atoms with Gasteiger partial charge in [0.1, 0.15) is 5.78 Å². The molecule has 0 saturated heterocycles. The molecule has 5 nitrogen and oxygen atoms in total. The molecular weight excluding hydrogens is 216 g/mol. The van der Waals surface area contributed by atoms with Crippen molar-refractivity contribution >= 4 is 5.78 Å². The number of Topliss-reactive ketones (excluding diaryl/α,β-unsaturated/α-hetero) is 1. The van der Waals surface area contributed by atoms with Gasteiger partial charge in [0.2, 0.25) is 0 Å². The van der Waals surface area contributed by atoms with Gasteiger partial charge in [-0.3, -0.25) is 4.79 Å². The maximum absolute atomic E-state index is 12.2. The summed E-state index contributed by atoms with van der Waals surface area (Å²) in [5.74, 6) is 0.250. The number of nitrogens with one attached hydrogen (secondary N) is 2. The van der Waals surface area contributed by atoms with Crippen LogP contribution in [0.3, 0.4) is 0 Å². The second kappa shape index (κ2) is 8.58. The first-order valence-corrected chi connectivity index (χ1v) is 6.29. The molecule has 102 valence electrons. The standard InChI is InChI=1S/C12H28N4O/c1-12(2,3)11(17)10(8-15-6-4-13)9-16-7-5-14/h10,15-16H,4-9,13-14H2,1-3H3. The van der Waals surface area contributed by atoms with Gasteiger partial charge in [-0.2, -0.15) is 0 Å². The van der Waals surface area contributed by atoms with Crippen molar-refractivity contribution in [3.8, 4) is 0 Å². The molecule has 0 spiro atoms. The molecule has 0 aromatic rings. The van der Waals surface area contributed by atoms with Crippen molar-refractivity contribution in [1.29, 1.82) is 0 Å². The maximum atomic E-state index is 12.2. The van der Waals surface area contributed by atoms with E-state index in [0.29, 0.717) is 26.2 Å². The monoisotopic (exact) mass is 244 g/mol. The summed E-state index contributed by atoms with van der Waals surface area (Å²) in [5, 5.41) is 6.40. The van der Waals surface area contributed by atoms with Crippen molar-refractivity contribution in [1.82, 2.24) is 10.6 Å². The predicted octanol–water partition coefficient (Wildman–Crippen LogP) is -0.686. The number of hydrogen-bond acceptors (Lipinski definition) is 5. The van der Waals surface area contributed by atoms with Crippen LogP contribution in [0.5, 0.6) is 0 Å². The van der Waals surface area contributed by atoms with E-state index < -0.39 is 0 Å². The van der Waals surface area contributed by atoms with Crippen molar-refractivity contribution in [2.24, 2.45) is 22.8 Å². The highest BCUT2D eigenvalue weighted by atomic mass is 16.1. The molecule has 0 unspecified atom stereocenters. The summed E-state index contributed by atoms with van der Waals surface area (Å²) in [4.78, 5) is 12.2. The summed E-state index contributed by atoms with van der Waals surface area (Å²) in [7, 11) is 0. The van der Waals surface area contributed by atoms with E-state index in [-0.39, 0.29) is 17.1 Å². The van der Waals surface area contributed by atoms with Crippen LogP contribution in [0.4, 0.5) is 0 Å². The van der Waals surface area contributed by atoms with E-state index in [9.17, 15) is 4.79 Å². The van der Waals surface area contributed by atoms with Crippen LogP contribution >= 0.6 is 0 Å². The summed E-state index contributed by atoms with van der Waals surface area (Å²) in [6.45, 7) is 9.86. The van der Waals surface area contributed by atoms with Gasteiger partial charge in [0.15, 0.2) is 0 Å². The van der Waals surface area contributed by atoms with Gasteiger partial charge in [0, 0.05) is 50.6 Å². The van der Waals surface area contributed by atoms with Gasteiger partial charge < -0.3 is 22.1 Å². The minimum atomic E-state index is -0.306. The molecule has 6 N–H and O–H groups in total. The predicted molar refractivity (Wildman–Crippen MR) is 71.8 cm³/mol. The lowest BCUT2D eigenvalue weighted by Crippen LogP contribution is -2.43. The van der Waals surface area contributed by atoms with Crippen molar-refractivity contribution in [2.45, 2.75) is 20.8 Å². The van der Waals surface area contributed by atoms with Crippen LogP contribution in [0.2, 0.25) is 0 Å². The van der Waals surface area contributed by atoms with Crippen molar-refractivity contribution in [3.05, 3.63) is 0 Å². The average molecular weight is 244 g/mol. The van der Waals surface area contributed by atoms with Crippen molar-refractivity contribution in [3.63, 3.8) is 0 Å². The minimum absolute atomic E-state index is 0.0203. The lowest BCUT2D eigenvalue weighted by Gasteiger charge is -2.25. The molecular formula is C12H28N4O. The van der Waals surface area contributed by atoms with Crippen LogP contribution in [0.15, 0.2) is 0 Å². The number of ketones is 1. The number of hydrogen-bond donors (Lipinski definition) is 4. The Labute approximate surface area is 105 Å². The first kappa shape index (κ1) is 16.5. The molecule has 0 saturated carbocycles. The van der Waals surface area contributed by atoms with Crippen LogP contribution in [-0.2, 0) is 4.79 Å². The topological polar surface area (TPSA) is 93.2 Å². The summed E-state index contributed by atoms with van der Waals surface area (Å²) >= 11 is 0. The molecule has 0 radical (unpaired) electrons. The third kappa shape index (κ3) is 7.44. The van der Waals surface area contributed by atoms with Gasteiger partial charge in [-0.1, -0.05) is 20.8 Å². The highest BCUT2D eigenvalue weighted by molar-refractivity contribution is 5.86. The molecule has 17 heavy (non-hydrogen) atoms. The Balaban J connectivity index is 4.23. The molecule has 0 amide bonds. The number of carbonyl (C=O) groups excluding carboxylic acids is 1. The highest BCUT2D eigenvalue weighted by Gasteiger charge is 2.28. The Hall–Kier alpha value is -0.490. The molecule has 0 aliphatic rings. The average Bonchev–Trinajstić information content (AvgIpc) is 2.25. The van der Waals surface area contributed by atoms with E-state index in [1.54, 1.807) is 0 Å². The first-order valence-electron chi connectivity index (χ1n) is 6.29. The molecule has 0 aliphatic carbocycles. The summed E-state index contributed by atoms with van der Waals surface area (Å²) in [5.41, 5.74) is 10.5. The number of carbonyl (C=O) groups is 1. The second-order valence-corrected chi connectivity index (χ2v) is 5.30. The zero-order valence-electron chi connectivity index (χ0n) is 11.4. The van der Waals surface area contributed by atoms with E-state index in [4.69, 9.17) is 11.5 Å². The largest absolute Gasteiger partial charge is 0.329 e. The van der Waals surface area contributed by atoms with Gasteiger partial charge >= 0.3 is 0 Å². The lowest BCUT2D eigenvalue weighted by atomic mass is 9.83. The van der Waals surface area contributed by atoms with Gasteiger partial charge in [-0.25, -0.2) is 0 Å². The maximum Gasteiger partial charge on any atom is 0.143 e. The normalized spacial score (nSPS) is 12.1. The third-order valence-corrected chi connectivity index (χ3v) is 2.53. The molecule has 5 heteroatoms. The summed E-state index contributed by atoms with van der Waals surface area (Å²) < 4.78 is 0. The van der Waals surface area contributed by atoms with Crippen molar-refractivity contribution < 1.29 is 4.79 Å². The molecule has 0 heterocycles. The Morgan fingerprint density at radius 1 is 1.06 bits per heavy atom. The smallest absolute Gasteiger partial charge is 0.143 e. The second-order valence-electron chi connectivity index (χ2n) is 5.30. The Bertz CT molecular complexity index is 203. The fraction of sp³-hybridized carbons (Fsp3) is 0.917. The zero-order valence-corrected chi connectivity index (χ0v) is 11.4. The van der Waals surface area contributed by atoms with E-state index in [1.807, 2.05) is 20.8 Å². The molecule has 0 aliphatic heterocycles. The van der Waals surface area contributed by atoms with Crippen LogP contribution < -0.4 is 22.1 Å². The summed E-state index contributed by atoms with van der Waals surface area (Å²) in [6, 6.07) is 0. The first-order chi connectivity index (χ1) is 7.93. The van der Waals surface area contributed by atoms with Gasteiger partial charge in [0.05, 0.1) is 0 Å². The molecule has 0 rings (SSSR count). The van der Waals surface area contributed by atoms with E-state index >= 15 is 0 Å². The molecule has 0 bridgehead atoms. The van der Waals surface area contributed by atoms with Gasteiger partial charge in [-0.05, 0) is 0 Å². The Morgan fingerprint density at radius 3 is 1.76 bits per heavy atom. The van der Waals surface area contributed by atoms with E-state index in [2.05, 4.69) is 10.6 Å².